The maximum absolute atomic E-state index is 13.0. The van der Waals surface area contributed by atoms with Crippen molar-refractivity contribution in [1.29, 1.82) is 0 Å². The quantitative estimate of drug-likeness (QED) is 0.300. The summed E-state index contributed by atoms with van der Waals surface area (Å²) in [5.41, 5.74) is 11.9. The largest absolute Gasteiger partial charge is 0.490 e. The van der Waals surface area contributed by atoms with Crippen molar-refractivity contribution in [2.24, 2.45) is 5.73 Å². The molecule has 7 heteroatoms. The molecule has 0 radical (unpaired) electrons. The maximum atomic E-state index is 13.0. The van der Waals surface area contributed by atoms with Crippen molar-refractivity contribution >= 4 is 23.2 Å². The van der Waals surface area contributed by atoms with Crippen molar-refractivity contribution in [2.45, 2.75) is 19.5 Å². The number of benzene rings is 4. The second-order valence-corrected chi connectivity index (χ2v) is 9.46. The summed E-state index contributed by atoms with van der Waals surface area (Å²) in [5.74, 6) is 0.0412. The van der Waals surface area contributed by atoms with Gasteiger partial charge in [0.15, 0.2) is 5.69 Å². The molecule has 3 N–H and O–H groups in total. The highest BCUT2D eigenvalue weighted by Gasteiger charge is 2.21. The van der Waals surface area contributed by atoms with Crippen molar-refractivity contribution < 1.29 is 14.3 Å². The normalized spacial score (nSPS) is 13.0. The lowest BCUT2D eigenvalue weighted by Gasteiger charge is -2.31. The van der Waals surface area contributed by atoms with E-state index in [1.807, 2.05) is 55.5 Å². The number of hydrogen-bond acceptors (Lipinski definition) is 4. The van der Waals surface area contributed by atoms with Crippen LogP contribution in [0.3, 0.4) is 0 Å². The third kappa shape index (κ3) is 5.60. The van der Waals surface area contributed by atoms with E-state index in [4.69, 9.17) is 17.0 Å². The number of fused-ring (bicyclic) bond motifs is 1. The molecule has 4 aromatic carbocycles. The average molecular weight is 517 g/mol. The number of carbonyl (C=O) groups is 2. The SMILES string of the molecule is [C-]#[N+]c1ccc([C@@H](C)NC(=O)c2ccc3c(c2)OCCN3Cc2ccc(-c3ccccc3C(N)=O)cc2)cc1. The number of nitrogens with two attached hydrogens (primary N) is 1. The first-order valence-electron chi connectivity index (χ1n) is 12.7. The second kappa shape index (κ2) is 11.1. The minimum Gasteiger partial charge on any atom is -0.490 e. The lowest BCUT2D eigenvalue weighted by atomic mass is 9.98. The second-order valence-electron chi connectivity index (χ2n) is 9.46. The van der Waals surface area contributed by atoms with E-state index < -0.39 is 5.91 Å². The first-order chi connectivity index (χ1) is 18.9. The lowest BCUT2D eigenvalue weighted by molar-refractivity contribution is 0.0938. The van der Waals surface area contributed by atoms with Gasteiger partial charge in [0.05, 0.1) is 24.8 Å². The van der Waals surface area contributed by atoms with Gasteiger partial charge < -0.3 is 20.7 Å². The van der Waals surface area contributed by atoms with Gasteiger partial charge >= 0.3 is 0 Å². The minimum absolute atomic E-state index is 0.188. The third-order valence-corrected chi connectivity index (χ3v) is 6.88. The van der Waals surface area contributed by atoms with Crippen LogP contribution >= 0.6 is 0 Å². The van der Waals surface area contributed by atoms with E-state index >= 15 is 0 Å². The third-order valence-electron chi connectivity index (χ3n) is 6.88. The van der Waals surface area contributed by atoms with E-state index in [1.54, 1.807) is 30.3 Å². The number of anilines is 1. The van der Waals surface area contributed by atoms with Gasteiger partial charge in [-0.2, -0.15) is 0 Å². The Kier molecular flexibility index (Phi) is 7.28. The van der Waals surface area contributed by atoms with Crippen LogP contribution in [-0.4, -0.2) is 25.0 Å². The molecule has 1 aliphatic heterocycles. The molecule has 0 aliphatic carbocycles. The summed E-state index contributed by atoms with van der Waals surface area (Å²) < 4.78 is 5.92. The van der Waals surface area contributed by atoms with Crippen LogP contribution in [0.15, 0.2) is 91.0 Å². The zero-order chi connectivity index (χ0) is 27.4. The number of rotatable bonds is 7. The molecule has 0 saturated heterocycles. The fourth-order valence-corrected chi connectivity index (χ4v) is 4.74. The molecule has 2 amide bonds. The van der Waals surface area contributed by atoms with Crippen molar-refractivity contribution in [3.05, 3.63) is 125 Å². The van der Waals surface area contributed by atoms with E-state index in [0.717, 1.165) is 34.5 Å². The molecule has 39 heavy (non-hydrogen) atoms. The maximum Gasteiger partial charge on any atom is 0.251 e. The fourth-order valence-electron chi connectivity index (χ4n) is 4.74. The van der Waals surface area contributed by atoms with Crippen LogP contribution in [-0.2, 0) is 6.54 Å². The van der Waals surface area contributed by atoms with Gasteiger partial charge in [-0.1, -0.05) is 66.7 Å². The van der Waals surface area contributed by atoms with Crippen molar-refractivity contribution in [3.8, 4) is 16.9 Å². The summed E-state index contributed by atoms with van der Waals surface area (Å²) in [4.78, 5) is 30.4. The van der Waals surface area contributed by atoms with Gasteiger partial charge in [0, 0.05) is 17.7 Å². The number of primary amides is 1. The van der Waals surface area contributed by atoms with Crippen LogP contribution in [0.2, 0.25) is 0 Å². The monoisotopic (exact) mass is 516 g/mol. The smallest absolute Gasteiger partial charge is 0.251 e. The summed E-state index contributed by atoms with van der Waals surface area (Å²) in [7, 11) is 0. The van der Waals surface area contributed by atoms with E-state index in [2.05, 4.69) is 27.2 Å². The fraction of sp³-hybridized carbons (Fsp3) is 0.156. The van der Waals surface area contributed by atoms with E-state index in [1.165, 1.54) is 0 Å². The molecular formula is C32H28N4O3. The highest BCUT2D eigenvalue weighted by Crippen LogP contribution is 2.34. The lowest BCUT2D eigenvalue weighted by Crippen LogP contribution is -2.32. The van der Waals surface area contributed by atoms with E-state index in [-0.39, 0.29) is 11.9 Å². The van der Waals surface area contributed by atoms with Crippen LogP contribution in [0.4, 0.5) is 11.4 Å². The van der Waals surface area contributed by atoms with Crippen molar-refractivity contribution in [3.63, 3.8) is 0 Å². The summed E-state index contributed by atoms with van der Waals surface area (Å²) in [6.07, 6.45) is 0. The highest BCUT2D eigenvalue weighted by molar-refractivity contribution is 5.99. The Morgan fingerprint density at radius 1 is 1.03 bits per heavy atom. The molecule has 4 aromatic rings. The summed E-state index contributed by atoms with van der Waals surface area (Å²) in [6.45, 7) is 10.9. The minimum atomic E-state index is -0.447. The standard InChI is InChI=1S/C32H28N4O3/c1-21(23-11-14-26(34-2)15-12-23)35-32(38)25-13-16-29-30(19-25)39-18-17-36(29)20-22-7-9-24(10-8-22)27-5-3-4-6-28(27)31(33)37/h3-16,19,21H,17-18,20H2,1H3,(H2,33,37)(H,35,38)/t21-/m1/s1. The Bertz CT molecular complexity index is 1560. The Balaban J connectivity index is 1.28. The molecule has 194 valence electrons. The molecule has 5 rings (SSSR count). The predicted octanol–water partition coefficient (Wildman–Crippen LogP) is 5.89. The van der Waals surface area contributed by atoms with Gasteiger partial charge in [-0.15, -0.1) is 0 Å². The Labute approximate surface area is 227 Å². The number of ether oxygens (including phenoxy) is 1. The van der Waals surface area contributed by atoms with Crippen molar-refractivity contribution in [2.75, 3.05) is 18.1 Å². The molecule has 0 fully saturated rings. The number of nitrogens with one attached hydrogen (secondary N) is 1. The van der Waals surface area contributed by atoms with E-state index in [9.17, 15) is 9.59 Å². The first kappa shape index (κ1) is 25.6. The van der Waals surface area contributed by atoms with Crippen LogP contribution in [0.25, 0.3) is 16.0 Å². The number of hydrogen-bond donors (Lipinski definition) is 2. The van der Waals surface area contributed by atoms with Gasteiger partial charge in [0.2, 0.25) is 5.91 Å². The van der Waals surface area contributed by atoms with Gasteiger partial charge in [-0.25, -0.2) is 4.85 Å². The molecular weight excluding hydrogens is 488 g/mol. The predicted molar refractivity (Wildman–Crippen MR) is 152 cm³/mol. The molecule has 7 nitrogen and oxygen atoms in total. The van der Waals surface area contributed by atoms with Gasteiger partial charge in [-0.05, 0) is 53.4 Å². The summed E-state index contributed by atoms with van der Waals surface area (Å²) in [6, 6.07) is 28.0. The Hall–Kier alpha value is -5.09. The topological polar surface area (TPSA) is 89.0 Å². The van der Waals surface area contributed by atoms with Gasteiger partial charge in [0.25, 0.3) is 5.91 Å². The molecule has 0 spiro atoms. The molecule has 1 aliphatic rings. The zero-order valence-corrected chi connectivity index (χ0v) is 21.6. The van der Waals surface area contributed by atoms with Crippen LogP contribution in [0.1, 0.15) is 44.8 Å². The molecule has 0 aromatic heterocycles. The molecule has 1 atom stereocenters. The Morgan fingerprint density at radius 3 is 2.49 bits per heavy atom. The Morgan fingerprint density at radius 2 is 1.77 bits per heavy atom. The van der Waals surface area contributed by atoms with Gasteiger partial charge in [-0.3, -0.25) is 9.59 Å². The van der Waals surface area contributed by atoms with Crippen LogP contribution < -0.4 is 20.7 Å². The number of carbonyl (C=O) groups excluding carboxylic acids is 2. The van der Waals surface area contributed by atoms with Gasteiger partial charge in [0.1, 0.15) is 12.4 Å². The molecule has 0 bridgehead atoms. The molecule has 1 heterocycles. The number of nitrogens with zero attached hydrogens (tertiary/aromatic N) is 2. The highest BCUT2D eigenvalue weighted by atomic mass is 16.5. The van der Waals surface area contributed by atoms with Crippen LogP contribution in [0.5, 0.6) is 5.75 Å². The molecule has 0 saturated carbocycles. The van der Waals surface area contributed by atoms with Crippen LogP contribution in [0, 0.1) is 6.57 Å². The summed E-state index contributed by atoms with van der Waals surface area (Å²) >= 11 is 0. The van der Waals surface area contributed by atoms with E-state index in [0.29, 0.717) is 35.7 Å². The zero-order valence-electron chi connectivity index (χ0n) is 21.6. The average Bonchev–Trinajstić information content (AvgIpc) is 2.97. The molecule has 0 unspecified atom stereocenters. The summed E-state index contributed by atoms with van der Waals surface area (Å²) in [5, 5.41) is 3.02. The first-order valence-corrected chi connectivity index (χ1v) is 12.7. The number of amides is 2. The van der Waals surface area contributed by atoms with Crippen molar-refractivity contribution in [1.82, 2.24) is 5.32 Å².